The lowest BCUT2D eigenvalue weighted by Crippen LogP contribution is -1.97. The second-order valence-electron chi connectivity index (χ2n) is 4.14. The number of halogens is 3. The molecule has 0 atom stereocenters. The molecule has 19 heavy (non-hydrogen) atoms. The van der Waals surface area contributed by atoms with Gasteiger partial charge in [-0.15, -0.1) is 0 Å². The maximum absolute atomic E-state index is 13.0. The summed E-state index contributed by atoms with van der Waals surface area (Å²) in [4.78, 5) is 4.28. The summed E-state index contributed by atoms with van der Waals surface area (Å²) in [5.74, 6) is -0.319. The van der Waals surface area contributed by atoms with Gasteiger partial charge in [0.05, 0.1) is 11.8 Å². The van der Waals surface area contributed by atoms with Gasteiger partial charge in [-0.05, 0) is 24.6 Å². The molecular weight excluding hydrogens is 288 g/mol. The summed E-state index contributed by atoms with van der Waals surface area (Å²) in [5, 5.41) is 4.78. The van der Waals surface area contributed by atoms with Gasteiger partial charge in [0, 0.05) is 5.56 Å². The average molecular weight is 296 g/mol. The molecule has 3 rings (SSSR count). The van der Waals surface area contributed by atoms with Crippen LogP contribution in [0.2, 0.25) is 10.3 Å². The van der Waals surface area contributed by atoms with Crippen molar-refractivity contribution in [3.8, 4) is 11.1 Å². The van der Waals surface area contributed by atoms with Crippen LogP contribution in [0.25, 0.3) is 16.8 Å². The third-order valence-corrected chi connectivity index (χ3v) is 3.48. The monoisotopic (exact) mass is 295 g/mol. The Bertz CT molecular complexity index is 766. The van der Waals surface area contributed by atoms with Crippen molar-refractivity contribution in [1.82, 2.24) is 14.6 Å². The van der Waals surface area contributed by atoms with E-state index in [4.69, 9.17) is 23.2 Å². The molecule has 0 spiro atoms. The predicted molar refractivity (Wildman–Crippen MR) is 73.1 cm³/mol. The molecule has 0 saturated heterocycles. The van der Waals surface area contributed by atoms with Gasteiger partial charge in [0.15, 0.2) is 5.65 Å². The Morgan fingerprint density at radius 1 is 1.16 bits per heavy atom. The Kier molecular flexibility index (Phi) is 2.92. The summed E-state index contributed by atoms with van der Waals surface area (Å²) >= 11 is 12.5. The third-order valence-electron chi connectivity index (χ3n) is 2.86. The fourth-order valence-corrected chi connectivity index (χ4v) is 2.55. The van der Waals surface area contributed by atoms with E-state index in [1.807, 2.05) is 6.92 Å². The van der Waals surface area contributed by atoms with Crippen molar-refractivity contribution in [3.63, 3.8) is 0 Å². The van der Waals surface area contributed by atoms with Crippen LogP contribution in [0.4, 0.5) is 4.39 Å². The summed E-state index contributed by atoms with van der Waals surface area (Å²) in [7, 11) is 0. The summed E-state index contributed by atoms with van der Waals surface area (Å²) in [6, 6.07) is 5.90. The molecule has 0 aliphatic carbocycles. The molecule has 1 aromatic carbocycles. The van der Waals surface area contributed by atoms with E-state index in [2.05, 4.69) is 10.1 Å². The normalized spacial score (nSPS) is 11.2. The zero-order valence-electron chi connectivity index (χ0n) is 9.86. The molecule has 0 fully saturated rings. The highest BCUT2D eigenvalue weighted by molar-refractivity contribution is 6.38. The van der Waals surface area contributed by atoms with E-state index in [0.29, 0.717) is 21.9 Å². The lowest BCUT2D eigenvalue weighted by Gasteiger charge is -2.08. The summed E-state index contributed by atoms with van der Waals surface area (Å²) in [5.41, 5.74) is 2.73. The molecule has 0 saturated carbocycles. The average Bonchev–Trinajstić information content (AvgIpc) is 2.74. The number of aromatic nitrogens is 3. The number of hydrogen-bond donors (Lipinski definition) is 0. The minimum Gasteiger partial charge on any atom is -0.216 e. The lowest BCUT2D eigenvalue weighted by molar-refractivity contribution is 0.628. The van der Waals surface area contributed by atoms with Crippen molar-refractivity contribution in [3.05, 3.63) is 52.1 Å². The molecule has 0 bridgehead atoms. The van der Waals surface area contributed by atoms with Crippen LogP contribution in [-0.2, 0) is 0 Å². The molecular formula is C13H8Cl2FN3. The van der Waals surface area contributed by atoms with Crippen LogP contribution in [0.5, 0.6) is 0 Å². The number of nitrogens with zero attached hydrogens (tertiary/aromatic N) is 3. The third kappa shape index (κ3) is 1.97. The van der Waals surface area contributed by atoms with Crippen molar-refractivity contribution in [1.29, 1.82) is 0 Å². The van der Waals surface area contributed by atoms with Crippen molar-refractivity contribution in [2.24, 2.45) is 0 Å². The SMILES string of the molecule is Cc1cnn2c(Cl)c(-c3ccc(F)cc3)c(Cl)nc12. The zero-order chi connectivity index (χ0) is 13.6. The molecule has 3 aromatic rings. The molecule has 0 aliphatic heterocycles. The summed E-state index contributed by atoms with van der Waals surface area (Å²) in [6.07, 6.45) is 1.67. The van der Waals surface area contributed by atoms with Crippen LogP contribution in [-0.4, -0.2) is 14.6 Å². The molecule has 2 heterocycles. The first-order chi connectivity index (χ1) is 9.08. The number of fused-ring (bicyclic) bond motifs is 1. The highest BCUT2D eigenvalue weighted by Gasteiger charge is 2.16. The fourth-order valence-electron chi connectivity index (χ4n) is 1.90. The number of benzene rings is 1. The highest BCUT2D eigenvalue weighted by atomic mass is 35.5. The van der Waals surface area contributed by atoms with Crippen molar-refractivity contribution in [2.75, 3.05) is 0 Å². The predicted octanol–water partition coefficient (Wildman–Crippen LogP) is 4.15. The van der Waals surface area contributed by atoms with E-state index in [9.17, 15) is 4.39 Å². The van der Waals surface area contributed by atoms with Crippen LogP contribution in [0.15, 0.2) is 30.5 Å². The first-order valence-electron chi connectivity index (χ1n) is 5.53. The van der Waals surface area contributed by atoms with Crippen LogP contribution in [0.1, 0.15) is 5.56 Å². The van der Waals surface area contributed by atoms with Gasteiger partial charge in [-0.3, -0.25) is 0 Å². The van der Waals surface area contributed by atoms with Gasteiger partial charge in [0.25, 0.3) is 0 Å². The number of hydrogen-bond acceptors (Lipinski definition) is 2. The van der Waals surface area contributed by atoms with Crippen LogP contribution in [0.3, 0.4) is 0 Å². The Morgan fingerprint density at radius 2 is 1.84 bits per heavy atom. The number of rotatable bonds is 1. The van der Waals surface area contributed by atoms with Gasteiger partial charge < -0.3 is 0 Å². The molecule has 3 nitrogen and oxygen atoms in total. The van der Waals surface area contributed by atoms with Gasteiger partial charge in [-0.25, -0.2) is 13.9 Å². The van der Waals surface area contributed by atoms with E-state index < -0.39 is 0 Å². The molecule has 0 radical (unpaired) electrons. The maximum atomic E-state index is 13.0. The molecule has 0 N–H and O–H groups in total. The molecule has 96 valence electrons. The molecule has 6 heteroatoms. The Labute approximate surface area is 118 Å². The lowest BCUT2D eigenvalue weighted by atomic mass is 10.1. The van der Waals surface area contributed by atoms with Crippen LogP contribution in [0, 0.1) is 12.7 Å². The van der Waals surface area contributed by atoms with E-state index in [1.165, 1.54) is 16.6 Å². The second kappa shape index (κ2) is 4.47. The van der Waals surface area contributed by atoms with Gasteiger partial charge in [0.2, 0.25) is 0 Å². The minimum atomic E-state index is -0.319. The number of aryl methyl sites for hydroxylation is 1. The smallest absolute Gasteiger partial charge is 0.161 e. The Balaban J connectivity index is 2.32. The Hall–Kier alpha value is -1.65. The van der Waals surface area contributed by atoms with Gasteiger partial charge in [0.1, 0.15) is 16.1 Å². The quantitative estimate of drug-likeness (QED) is 0.631. The van der Waals surface area contributed by atoms with E-state index in [0.717, 1.165) is 5.56 Å². The van der Waals surface area contributed by atoms with Gasteiger partial charge >= 0.3 is 0 Å². The first kappa shape index (κ1) is 12.4. The van der Waals surface area contributed by atoms with E-state index in [1.54, 1.807) is 18.3 Å². The molecule has 0 amide bonds. The second-order valence-corrected chi connectivity index (χ2v) is 4.85. The molecule has 2 aromatic heterocycles. The standard InChI is InChI=1S/C13H8Cl2FN3/c1-7-6-17-19-12(15)10(11(14)18-13(7)19)8-2-4-9(16)5-3-8/h2-6H,1H3. The Morgan fingerprint density at radius 3 is 2.53 bits per heavy atom. The van der Waals surface area contributed by atoms with Crippen LogP contribution >= 0.6 is 23.2 Å². The van der Waals surface area contributed by atoms with E-state index in [-0.39, 0.29) is 11.0 Å². The fraction of sp³-hybridized carbons (Fsp3) is 0.0769. The van der Waals surface area contributed by atoms with Crippen molar-refractivity contribution >= 4 is 28.8 Å². The maximum Gasteiger partial charge on any atom is 0.161 e. The van der Waals surface area contributed by atoms with E-state index >= 15 is 0 Å². The summed E-state index contributed by atoms with van der Waals surface area (Å²) in [6.45, 7) is 1.87. The summed E-state index contributed by atoms with van der Waals surface area (Å²) < 4.78 is 14.5. The van der Waals surface area contributed by atoms with Gasteiger partial charge in [-0.2, -0.15) is 5.10 Å². The first-order valence-corrected chi connectivity index (χ1v) is 6.29. The molecule has 0 unspecified atom stereocenters. The van der Waals surface area contributed by atoms with Crippen molar-refractivity contribution < 1.29 is 4.39 Å². The largest absolute Gasteiger partial charge is 0.216 e. The minimum absolute atomic E-state index is 0.271. The zero-order valence-corrected chi connectivity index (χ0v) is 11.4. The van der Waals surface area contributed by atoms with Crippen LogP contribution < -0.4 is 0 Å². The van der Waals surface area contributed by atoms with Crippen molar-refractivity contribution in [2.45, 2.75) is 6.92 Å². The topological polar surface area (TPSA) is 30.2 Å². The van der Waals surface area contributed by atoms with Gasteiger partial charge in [-0.1, -0.05) is 35.3 Å². The molecule has 0 aliphatic rings. The highest BCUT2D eigenvalue weighted by Crippen LogP contribution is 2.34.